The summed E-state index contributed by atoms with van der Waals surface area (Å²) in [7, 11) is 3.78. The molecule has 0 saturated carbocycles. The fraction of sp³-hybridized carbons (Fsp3) is 0.438. The zero-order chi connectivity index (χ0) is 14.4. The molecule has 0 saturated heterocycles. The Bertz CT molecular complexity index is 559. The monoisotopic (exact) mass is 292 g/mol. The molecule has 20 heavy (non-hydrogen) atoms. The highest BCUT2D eigenvalue weighted by Crippen LogP contribution is 2.27. The van der Waals surface area contributed by atoms with Crippen molar-refractivity contribution in [2.24, 2.45) is 0 Å². The van der Waals surface area contributed by atoms with Gasteiger partial charge in [0.2, 0.25) is 0 Å². The maximum Gasteiger partial charge on any atom is 0.136 e. The van der Waals surface area contributed by atoms with Crippen molar-refractivity contribution in [2.75, 3.05) is 31.5 Å². The van der Waals surface area contributed by atoms with Crippen LogP contribution in [0.1, 0.15) is 19.3 Å². The molecule has 2 rings (SSSR count). The van der Waals surface area contributed by atoms with Crippen molar-refractivity contribution < 1.29 is 4.74 Å². The van der Waals surface area contributed by atoms with Crippen molar-refractivity contribution in [1.82, 2.24) is 4.98 Å². The van der Waals surface area contributed by atoms with E-state index in [0.29, 0.717) is 0 Å². The highest BCUT2D eigenvalue weighted by atomic mass is 35.5. The topological polar surface area (TPSA) is 25.4 Å². The largest absolute Gasteiger partial charge is 0.497 e. The third kappa shape index (κ3) is 3.54. The van der Waals surface area contributed by atoms with Crippen LogP contribution in [0, 0.1) is 0 Å². The van der Waals surface area contributed by atoms with Gasteiger partial charge in [0.25, 0.3) is 0 Å². The molecule has 0 radical (unpaired) electrons. The molecule has 0 spiro atoms. The molecule has 2 aromatic rings. The van der Waals surface area contributed by atoms with Crippen molar-refractivity contribution >= 4 is 28.2 Å². The third-order valence-electron chi connectivity index (χ3n) is 3.44. The highest BCUT2D eigenvalue weighted by molar-refractivity contribution is 6.17. The minimum atomic E-state index is 0.746. The summed E-state index contributed by atoms with van der Waals surface area (Å²) in [6, 6.07) is 8.12. The molecule has 0 aliphatic heterocycles. The Balaban J connectivity index is 2.16. The first-order valence-electron chi connectivity index (χ1n) is 6.96. The Hall–Kier alpha value is -1.48. The Morgan fingerprint density at radius 2 is 2.05 bits per heavy atom. The van der Waals surface area contributed by atoms with Crippen LogP contribution in [0.25, 0.3) is 10.8 Å². The molecule has 0 amide bonds. The lowest BCUT2D eigenvalue weighted by molar-refractivity contribution is 0.415. The predicted molar refractivity (Wildman–Crippen MR) is 86.1 cm³/mol. The Labute approximate surface area is 125 Å². The van der Waals surface area contributed by atoms with E-state index in [0.717, 1.165) is 54.0 Å². The molecule has 0 atom stereocenters. The molecule has 1 heterocycles. The number of pyridine rings is 1. The van der Waals surface area contributed by atoms with Crippen LogP contribution in [-0.2, 0) is 0 Å². The summed E-state index contributed by atoms with van der Waals surface area (Å²) in [5.41, 5.74) is 0. The first-order chi connectivity index (χ1) is 9.76. The van der Waals surface area contributed by atoms with Crippen molar-refractivity contribution in [1.29, 1.82) is 0 Å². The number of rotatable bonds is 7. The summed E-state index contributed by atoms with van der Waals surface area (Å²) >= 11 is 5.70. The van der Waals surface area contributed by atoms with Gasteiger partial charge < -0.3 is 9.64 Å². The number of alkyl halides is 1. The van der Waals surface area contributed by atoms with Gasteiger partial charge in [0.1, 0.15) is 11.6 Å². The number of aromatic nitrogens is 1. The Morgan fingerprint density at radius 1 is 1.20 bits per heavy atom. The average Bonchev–Trinajstić information content (AvgIpc) is 2.50. The second kappa shape index (κ2) is 7.34. The smallest absolute Gasteiger partial charge is 0.136 e. The fourth-order valence-corrected chi connectivity index (χ4v) is 2.49. The van der Waals surface area contributed by atoms with Gasteiger partial charge in [0.15, 0.2) is 0 Å². The van der Waals surface area contributed by atoms with Gasteiger partial charge >= 0.3 is 0 Å². The number of halogens is 1. The number of hydrogen-bond acceptors (Lipinski definition) is 3. The number of benzene rings is 1. The third-order valence-corrected chi connectivity index (χ3v) is 3.71. The molecular weight excluding hydrogens is 272 g/mol. The van der Waals surface area contributed by atoms with Gasteiger partial charge in [-0.3, -0.25) is 0 Å². The predicted octanol–water partition coefficient (Wildman–Crippen LogP) is 4.09. The molecule has 3 nitrogen and oxygen atoms in total. The minimum Gasteiger partial charge on any atom is -0.497 e. The van der Waals surface area contributed by atoms with Gasteiger partial charge in [0, 0.05) is 31.1 Å². The van der Waals surface area contributed by atoms with Gasteiger partial charge in [-0.25, -0.2) is 4.98 Å². The molecule has 0 aliphatic carbocycles. The summed E-state index contributed by atoms with van der Waals surface area (Å²) in [5, 5.41) is 2.31. The van der Waals surface area contributed by atoms with E-state index < -0.39 is 0 Å². The zero-order valence-electron chi connectivity index (χ0n) is 12.1. The van der Waals surface area contributed by atoms with Crippen LogP contribution in [0.15, 0.2) is 30.5 Å². The molecule has 1 aromatic carbocycles. The molecule has 0 bridgehead atoms. The van der Waals surface area contributed by atoms with E-state index in [-0.39, 0.29) is 0 Å². The number of hydrogen-bond donors (Lipinski definition) is 0. The van der Waals surface area contributed by atoms with Crippen LogP contribution in [0.4, 0.5) is 5.82 Å². The van der Waals surface area contributed by atoms with E-state index >= 15 is 0 Å². The molecule has 0 aliphatic rings. The summed E-state index contributed by atoms with van der Waals surface area (Å²) in [6.07, 6.45) is 5.23. The number of fused-ring (bicyclic) bond motifs is 1. The standard InChI is InChI=1S/C16H21ClN2O/c1-19(11-5-3-4-9-17)16-15-7-6-14(20-2)12-13(15)8-10-18-16/h6-8,10,12H,3-5,9,11H2,1-2H3. The lowest BCUT2D eigenvalue weighted by atomic mass is 10.1. The van der Waals surface area contributed by atoms with Crippen LogP contribution in [0.3, 0.4) is 0 Å². The SMILES string of the molecule is COc1ccc2c(N(C)CCCCCCl)nccc2c1. The van der Waals surface area contributed by atoms with E-state index in [2.05, 4.69) is 23.0 Å². The van der Waals surface area contributed by atoms with E-state index in [1.165, 1.54) is 0 Å². The van der Waals surface area contributed by atoms with E-state index in [4.69, 9.17) is 16.3 Å². The second-order valence-corrected chi connectivity index (χ2v) is 5.27. The van der Waals surface area contributed by atoms with Crippen LogP contribution in [-0.4, -0.2) is 31.6 Å². The van der Waals surface area contributed by atoms with E-state index in [1.54, 1.807) is 7.11 Å². The number of unbranched alkanes of at least 4 members (excludes halogenated alkanes) is 2. The summed E-state index contributed by atoms with van der Waals surface area (Å²) < 4.78 is 5.27. The first-order valence-corrected chi connectivity index (χ1v) is 7.49. The van der Waals surface area contributed by atoms with Crippen LogP contribution >= 0.6 is 11.6 Å². The molecule has 0 fully saturated rings. The molecule has 4 heteroatoms. The molecular formula is C16H21ClN2O. The van der Waals surface area contributed by atoms with Crippen LogP contribution in [0.2, 0.25) is 0 Å². The molecule has 1 aromatic heterocycles. The Kier molecular flexibility index (Phi) is 5.48. The lowest BCUT2D eigenvalue weighted by Crippen LogP contribution is -2.19. The van der Waals surface area contributed by atoms with Crippen molar-refractivity contribution in [2.45, 2.75) is 19.3 Å². The first kappa shape index (κ1) is 14.9. The maximum absolute atomic E-state index is 5.70. The Morgan fingerprint density at radius 3 is 2.80 bits per heavy atom. The average molecular weight is 293 g/mol. The van der Waals surface area contributed by atoms with Crippen molar-refractivity contribution in [3.05, 3.63) is 30.5 Å². The van der Waals surface area contributed by atoms with Gasteiger partial charge in [-0.05, 0) is 42.5 Å². The van der Waals surface area contributed by atoms with Gasteiger partial charge in [-0.1, -0.05) is 6.42 Å². The second-order valence-electron chi connectivity index (χ2n) is 4.89. The quantitative estimate of drug-likeness (QED) is 0.568. The van der Waals surface area contributed by atoms with Gasteiger partial charge in [0.05, 0.1) is 7.11 Å². The van der Waals surface area contributed by atoms with Crippen LogP contribution in [0.5, 0.6) is 5.75 Å². The number of methoxy groups -OCH3 is 1. The van der Waals surface area contributed by atoms with E-state index in [9.17, 15) is 0 Å². The van der Waals surface area contributed by atoms with Crippen molar-refractivity contribution in [3.63, 3.8) is 0 Å². The summed E-state index contributed by atoms with van der Waals surface area (Å²) in [5.74, 6) is 2.64. The number of nitrogens with zero attached hydrogens (tertiary/aromatic N) is 2. The van der Waals surface area contributed by atoms with Crippen LogP contribution < -0.4 is 9.64 Å². The van der Waals surface area contributed by atoms with Crippen molar-refractivity contribution in [3.8, 4) is 5.75 Å². The summed E-state index contributed by atoms with van der Waals surface area (Å²) in [4.78, 5) is 6.73. The van der Waals surface area contributed by atoms with Gasteiger partial charge in [-0.15, -0.1) is 11.6 Å². The summed E-state index contributed by atoms with van der Waals surface area (Å²) in [6.45, 7) is 0.995. The van der Waals surface area contributed by atoms with Gasteiger partial charge in [-0.2, -0.15) is 0 Å². The minimum absolute atomic E-state index is 0.746. The molecule has 0 unspecified atom stereocenters. The molecule has 108 valence electrons. The zero-order valence-corrected chi connectivity index (χ0v) is 12.9. The fourth-order valence-electron chi connectivity index (χ4n) is 2.30. The lowest BCUT2D eigenvalue weighted by Gasteiger charge is -2.20. The number of ether oxygens (including phenoxy) is 1. The normalized spacial score (nSPS) is 10.8. The van der Waals surface area contributed by atoms with E-state index in [1.807, 2.05) is 24.4 Å². The maximum atomic E-state index is 5.70. The highest BCUT2D eigenvalue weighted by Gasteiger charge is 2.08. The number of anilines is 1. The molecule has 0 N–H and O–H groups in total.